The van der Waals surface area contributed by atoms with E-state index in [-0.39, 0.29) is 24.5 Å². The molecule has 0 aromatic carbocycles. The number of hydrogen-bond acceptors (Lipinski definition) is 5. The van der Waals surface area contributed by atoms with Gasteiger partial charge in [0, 0.05) is 52.3 Å². The van der Waals surface area contributed by atoms with Gasteiger partial charge in [-0.25, -0.2) is 4.79 Å². The van der Waals surface area contributed by atoms with Crippen molar-refractivity contribution in [2.75, 3.05) is 48.1 Å². The van der Waals surface area contributed by atoms with E-state index in [1.807, 2.05) is 34.3 Å². The number of fused-ring (bicyclic) bond motifs is 1. The van der Waals surface area contributed by atoms with Crippen LogP contribution in [0.1, 0.15) is 26.7 Å². The van der Waals surface area contributed by atoms with Crippen LogP contribution in [0.25, 0.3) is 0 Å². The van der Waals surface area contributed by atoms with E-state index in [1.54, 1.807) is 11.2 Å². The SMILES string of the molecule is C=[N+]1C=[N+]=[N+]2C=C(N(C)C3N(C)/C=C(\C)N(C)C(=O)N(C4CCOCC4)CN3C)C(C)=CC12. The number of allylic oxidation sites excluding steroid dienone is 2. The first-order valence-corrected chi connectivity index (χ1v) is 11.5. The third-order valence-corrected chi connectivity index (χ3v) is 6.95. The fourth-order valence-corrected chi connectivity index (χ4v) is 5.04. The number of urea groups is 1. The van der Waals surface area contributed by atoms with Gasteiger partial charge in [-0.15, -0.1) is 0 Å². The van der Waals surface area contributed by atoms with Gasteiger partial charge in [-0.3, -0.25) is 9.80 Å². The molecule has 4 rings (SSSR count). The Morgan fingerprint density at radius 1 is 1.21 bits per heavy atom. The molecule has 2 unspecified atom stereocenters. The molecule has 1 fully saturated rings. The second-order valence-electron chi connectivity index (χ2n) is 9.35. The Morgan fingerprint density at radius 2 is 1.91 bits per heavy atom. The molecule has 2 atom stereocenters. The summed E-state index contributed by atoms with van der Waals surface area (Å²) < 4.78 is 9.33. The van der Waals surface area contributed by atoms with E-state index in [0.717, 1.165) is 29.8 Å². The highest BCUT2D eigenvalue weighted by Crippen LogP contribution is 2.27. The smallest absolute Gasteiger partial charge is 0.381 e. The van der Waals surface area contributed by atoms with Crippen LogP contribution in [0.4, 0.5) is 4.79 Å². The number of hydrogen-bond donors (Lipinski definition) is 0. The maximum absolute atomic E-state index is 13.5. The lowest BCUT2D eigenvalue weighted by Gasteiger charge is -2.44. The van der Waals surface area contributed by atoms with Crippen LogP contribution in [-0.4, -0.2) is 124 Å². The van der Waals surface area contributed by atoms with Crippen molar-refractivity contribution in [2.45, 2.75) is 45.2 Å². The van der Waals surface area contributed by atoms with Gasteiger partial charge in [0.05, 0.1) is 12.7 Å². The summed E-state index contributed by atoms with van der Waals surface area (Å²) in [6.07, 6.45) is 9.63. The van der Waals surface area contributed by atoms with Gasteiger partial charge >= 0.3 is 18.5 Å². The largest absolute Gasteiger partial charge is 0.607 e. The van der Waals surface area contributed by atoms with Crippen LogP contribution in [0.15, 0.2) is 35.4 Å². The Balaban J connectivity index is 1.67. The number of carbonyl (C=O) groups excluding carboxylic acids is 1. The number of likely N-dealkylation sites (N-methyl/N-ethyl adjacent to an activating group) is 1. The molecular formula is C23H37N8O2+3. The highest BCUT2D eigenvalue weighted by molar-refractivity contribution is 5.76. The molecule has 178 valence electrons. The third kappa shape index (κ3) is 4.34. The van der Waals surface area contributed by atoms with E-state index >= 15 is 0 Å². The average molecular weight is 458 g/mol. The minimum Gasteiger partial charge on any atom is -0.381 e. The van der Waals surface area contributed by atoms with Crippen LogP contribution in [-0.2, 0) is 4.74 Å². The van der Waals surface area contributed by atoms with Gasteiger partial charge in [0.1, 0.15) is 12.4 Å². The molecule has 4 aliphatic heterocycles. The summed E-state index contributed by atoms with van der Waals surface area (Å²) in [7, 11) is 8.07. The summed E-state index contributed by atoms with van der Waals surface area (Å²) in [6, 6.07) is 0.188. The molecule has 0 saturated carbocycles. The van der Waals surface area contributed by atoms with Gasteiger partial charge in [0.15, 0.2) is 6.29 Å². The summed E-state index contributed by atoms with van der Waals surface area (Å²) in [6.45, 7) is 10.0. The molecule has 0 aromatic heterocycles. The first-order valence-electron chi connectivity index (χ1n) is 11.5. The Morgan fingerprint density at radius 3 is 2.61 bits per heavy atom. The van der Waals surface area contributed by atoms with E-state index in [2.05, 4.69) is 66.5 Å². The van der Waals surface area contributed by atoms with Crippen LogP contribution in [0.3, 0.4) is 0 Å². The zero-order valence-corrected chi connectivity index (χ0v) is 20.7. The summed E-state index contributed by atoms with van der Waals surface area (Å²) in [5.74, 6) is 0. The van der Waals surface area contributed by atoms with Crippen molar-refractivity contribution in [1.82, 2.24) is 24.5 Å². The van der Waals surface area contributed by atoms with Crippen LogP contribution in [0.2, 0.25) is 0 Å². The number of rotatable bonds is 3. The quantitative estimate of drug-likeness (QED) is 0.467. The van der Waals surface area contributed by atoms with Crippen LogP contribution >= 0.6 is 0 Å². The van der Waals surface area contributed by atoms with Crippen molar-refractivity contribution in [3.8, 4) is 0 Å². The van der Waals surface area contributed by atoms with Crippen LogP contribution in [0.5, 0.6) is 0 Å². The lowest BCUT2D eigenvalue weighted by atomic mass is 10.1. The molecule has 1 saturated heterocycles. The topological polar surface area (TPSA) is 62.6 Å². The summed E-state index contributed by atoms with van der Waals surface area (Å²) in [4.78, 5) is 28.3. The molecule has 0 bridgehead atoms. The maximum atomic E-state index is 13.5. The van der Waals surface area contributed by atoms with Crippen molar-refractivity contribution in [2.24, 2.45) is 0 Å². The molecule has 4 heterocycles. The standard InChI is InChI=1S/C23H37N8O2/c1-17-12-21-26(4)15-24-31(21)14-20(17)29(7)22-25(3)13-18(2)28(6)23(32)30(16-27(22)5)19-8-10-33-11-9-19/h12-15,19,21-22H,4,8-11,16H2,1-3,5-7H3/q+3/b18-13+. The third-order valence-electron chi connectivity index (χ3n) is 6.95. The number of amides is 2. The van der Waals surface area contributed by atoms with Crippen molar-refractivity contribution in [3.63, 3.8) is 0 Å². The molecule has 2 amide bonds. The number of carbonyl (C=O) groups is 1. The van der Waals surface area contributed by atoms with E-state index in [4.69, 9.17) is 4.74 Å². The van der Waals surface area contributed by atoms with E-state index < -0.39 is 0 Å². The highest BCUT2D eigenvalue weighted by atomic mass is 16.5. The molecule has 0 spiro atoms. The van der Waals surface area contributed by atoms with Crippen LogP contribution in [0, 0.1) is 0 Å². The number of nitrogens with zero attached hydrogens (tertiary/aromatic N) is 8. The average Bonchev–Trinajstić information content (AvgIpc) is 3.16. The predicted octanol–water partition coefficient (Wildman–Crippen LogP) is 0.986. The molecule has 4 aliphatic rings. The van der Waals surface area contributed by atoms with Crippen molar-refractivity contribution in [1.29, 1.82) is 0 Å². The van der Waals surface area contributed by atoms with E-state index in [1.165, 1.54) is 0 Å². The van der Waals surface area contributed by atoms with Crippen molar-refractivity contribution in [3.05, 3.63) is 35.4 Å². The Bertz CT molecular complexity index is 986. The fourth-order valence-electron chi connectivity index (χ4n) is 5.04. The zero-order valence-electron chi connectivity index (χ0n) is 20.7. The van der Waals surface area contributed by atoms with Crippen molar-refractivity contribution < 1.29 is 23.6 Å². The van der Waals surface area contributed by atoms with Gasteiger partial charge in [-0.05, 0) is 39.3 Å². The molecule has 0 aromatic rings. The molecule has 10 nitrogen and oxygen atoms in total. The lowest BCUT2D eigenvalue weighted by Crippen LogP contribution is -2.58. The van der Waals surface area contributed by atoms with E-state index in [9.17, 15) is 4.79 Å². The second kappa shape index (κ2) is 9.13. The van der Waals surface area contributed by atoms with Crippen molar-refractivity contribution >= 4 is 19.1 Å². The monoisotopic (exact) mass is 457 g/mol. The minimum absolute atomic E-state index is 0.00978. The van der Waals surface area contributed by atoms with Gasteiger partial charge in [-0.2, -0.15) is 0 Å². The van der Waals surface area contributed by atoms with Gasteiger partial charge < -0.3 is 19.4 Å². The summed E-state index contributed by atoms with van der Waals surface area (Å²) in [5, 5.41) is 0. The van der Waals surface area contributed by atoms with Gasteiger partial charge in [-0.1, -0.05) is 4.58 Å². The molecular weight excluding hydrogens is 420 g/mol. The lowest BCUT2D eigenvalue weighted by molar-refractivity contribution is -0.850. The summed E-state index contributed by atoms with van der Waals surface area (Å²) >= 11 is 0. The zero-order chi connectivity index (χ0) is 23.9. The predicted molar refractivity (Wildman–Crippen MR) is 124 cm³/mol. The van der Waals surface area contributed by atoms with E-state index in [0.29, 0.717) is 19.9 Å². The van der Waals surface area contributed by atoms with Gasteiger partial charge in [0.2, 0.25) is 4.70 Å². The molecule has 0 radical (unpaired) electrons. The van der Waals surface area contributed by atoms with Crippen LogP contribution < -0.4 is 0 Å². The Kier molecular flexibility index (Phi) is 6.43. The number of ether oxygens (including phenoxy) is 1. The first kappa shape index (κ1) is 23.2. The first-order chi connectivity index (χ1) is 15.7. The molecule has 33 heavy (non-hydrogen) atoms. The molecule has 10 heteroatoms. The summed E-state index contributed by atoms with van der Waals surface area (Å²) in [5.41, 5.74) is 3.13. The Hall–Kier alpha value is -2.94. The second-order valence-corrected chi connectivity index (χ2v) is 9.35. The normalized spacial score (nSPS) is 29.0. The molecule has 0 aliphatic carbocycles. The van der Waals surface area contributed by atoms with Gasteiger partial charge in [0.25, 0.3) is 11.0 Å². The minimum atomic E-state index is -0.116. The maximum Gasteiger partial charge on any atom is 0.607 e. The fraction of sp³-hybridized carbons (Fsp3) is 0.609. The highest BCUT2D eigenvalue weighted by Gasteiger charge is 2.47. The Labute approximate surface area is 196 Å². The molecule has 0 N–H and O–H groups in total.